The summed E-state index contributed by atoms with van der Waals surface area (Å²) < 4.78 is 64.1. The number of benzene rings is 1. The van der Waals surface area contributed by atoms with Crippen molar-refractivity contribution in [2.75, 3.05) is 27.4 Å². The van der Waals surface area contributed by atoms with E-state index in [9.17, 15) is 17.6 Å². The van der Waals surface area contributed by atoms with Gasteiger partial charge in [0.2, 0.25) is 0 Å². The van der Waals surface area contributed by atoms with Crippen molar-refractivity contribution in [3.63, 3.8) is 0 Å². The van der Waals surface area contributed by atoms with Crippen molar-refractivity contribution in [2.24, 2.45) is 0 Å². The minimum Gasteiger partial charge on any atom is -0.383 e. The molecule has 0 bridgehead atoms. The van der Waals surface area contributed by atoms with E-state index in [0.717, 1.165) is 0 Å². The minimum absolute atomic E-state index is 0.0359. The van der Waals surface area contributed by atoms with Crippen molar-refractivity contribution in [2.45, 2.75) is 5.41 Å². The summed E-state index contributed by atoms with van der Waals surface area (Å²) in [4.78, 5) is 0. The van der Waals surface area contributed by atoms with Crippen molar-refractivity contribution >= 4 is 6.08 Å². The Labute approximate surface area is 107 Å². The van der Waals surface area contributed by atoms with Gasteiger partial charge in [0.15, 0.2) is 23.3 Å². The van der Waals surface area contributed by atoms with E-state index in [-0.39, 0.29) is 24.3 Å². The normalized spacial score (nSPS) is 15.9. The molecule has 1 aliphatic carbocycles. The highest BCUT2D eigenvalue weighted by atomic mass is 19.2. The van der Waals surface area contributed by atoms with Gasteiger partial charge in [-0.2, -0.15) is 0 Å². The molecule has 0 aliphatic heterocycles. The molecule has 1 aromatic rings. The Kier molecular flexibility index (Phi) is 3.64. The number of ether oxygens (including phenoxy) is 2. The van der Waals surface area contributed by atoms with Gasteiger partial charge < -0.3 is 9.47 Å². The highest BCUT2D eigenvalue weighted by Gasteiger charge is 2.42. The zero-order chi connectivity index (χ0) is 14.2. The van der Waals surface area contributed by atoms with Crippen LogP contribution >= 0.6 is 0 Å². The molecule has 0 aromatic heterocycles. The number of hydrogen-bond donors (Lipinski definition) is 0. The number of fused-ring (bicyclic) bond motifs is 1. The number of methoxy groups -OCH3 is 2. The van der Waals surface area contributed by atoms with Crippen LogP contribution in [-0.4, -0.2) is 27.4 Å². The summed E-state index contributed by atoms with van der Waals surface area (Å²) in [5, 5.41) is 0. The average molecular weight is 276 g/mol. The zero-order valence-corrected chi connectivity index (χ0v) is 10.4. The maximum atomic E-state index is 14.0. The molecule has 0 amide bonds. The smallest absolute Gasteiger partial charge is 0.198 e. The molecule has 0 saturated carbocycles. The Morgan fingerprint density at radius 3 is 1.95 bits per heavy atom. The summed E-state index contributed by atoms with van der Waals surface area (Å²) in [6.45, 7) is -0.0719. The summed E-state index contributed by atoms with van der Waals surface area (Å²) in [6.07, 6.45) is 2.66. The van der Waals surface area contributed by atoms with Crippen LogP contribution in [0.4, 0.5) is 17.6 Å². The Morgan fingerprint density at radius 2 is 1.42 bits per heavy atom. The third-order valence-electron chi connectivity index (χ3n) is 3.17. The van der Waals surface area contributed by atoms with Gasteiger partial charge in [0.05, 0.1) is 18.6 Å². The van der Waals surface area contributed by atoms with E-state index in [0.29, 0.717) is 0 Å². The maximum Gasteiger partial charge on any atom is 0.198 e. The van der Waals surface area contributed by atoms with Crippen LogP contribution < -0.4 is 0 Å². The molecule has 0 unspecified atom stereocenters. The molecule has 0 atom stereocenters. The van der Waals surface area contributed by atoms with E-state index < -0.39 is 28.7 Å². The topological polar surface area (TPSA) is 18.5 Å². The Morgan fingerprint density at radius 1 is 0.895 bits per heavy atom. The van der Waals surface area contributed by atoms with Crippen molar-refractivity contribution < 1.29 is 27.0 Å². The lowest BCUT2D eigenvalue weighted by atomic mass is 9.83. The second-order valence-electron chi connectivity index (χ2n) is 4.40. The lowest BCUT2D eigenvalue weighted by molar-refractivity contribution is 0.0821. The monoisotopic (exact) mass is 276 g/mol. The molecule has 0 N–H and O–H groups in total. The van der Waals surface area contributed by atoms with Gasteiger partial charge in [-0.3, -0.25) is 0 Å². The van der Waals surface area contributed by atoms with E-state index in [4.69, 9.17) is 9.47 Å². The fraction of sp³-hybridized carbons (Fsp3) is 0.385. The molecule has 6 heteroatoms. The molecule has 1 aromatic carbocycles. The SMILES string of the molecule is COCC1(COC)C=Cc2c(F)c(F)c(F)c(F)c21. The summed E-state index contributed by atoms with van der Waals surface area (Å²) in [7, 11) is 2.74. The van der Waals surface area contributed by atoms with Gasteiger partial charge in [-0.15, -0.1) is 0 Å². The summed E-state index contributed by atoms with van der Waals surface area (Å²) in [5.41, 5.74) is -1.73. The maximum absolute atomic E-state index is 14.0. The Hall–Kier alpha value is -1.40. The predicted molar refractivity (Wildman–Crippen MR) is 60.7 cm³/mol. The molecule has 0 heterocycles. The number of rotatable bonds is 4. The van der Waals surface area contributed by atoms with Gasteiger partial charge in [-0.25, -0.2) is 17.6 Å². The number of hydrogen-bond acceptors (Lipinski definition) is 2. The van der Waals surface area contributed by atoms with E-state index in [1.54, 1.807) is 0 Å². The van der Waals surface area contributed by atoms with Gasteiger partial charge in [-0.1, -0.05) is 12.2 Å². The van der Waals surface area contributed by atoms with Crippen molar-refractivity contribution in [1.29, 1.82) is 0 Å². The van der Waals surface area contributed by atoms with Gasteiger partial charge in [0.25, 0.3) is 0 Å². The van der Waals surface area contributed by atoms with Crippen molar-refractivity contribution in [1.82, 2.24) is 0 Å². The predicted octanol–water partition coefficient (Wildman–Crippen LogP) is 2.80. The van der Waals surface area contributed by atoms with Crippen LogP contribution in [0.1, 0.15) is 11.1 Å². The highest BCUT2D eigenvalue weighted by Crippen LogP contribution is 2.41. The van der Waals surface area contributed by atoms with E-state index in [1.807, 2.05) is 0 Å². The third kappa shape index (κ3) is 1.95. The first kappa shape index (κ1) is 14.0. The van der Waals surface area contributed by atoms with E-state index >= 15 is 0 Å². The first-order chi connectivity index (χ1) is 8.98. The molecule has 19 heavy (non-hydrogen) atoms. The summed E-state index contributed by atoms with van der Waals surface area (Å²) in [5.74, 6) is -6.45. The first-order valence-electron chi connectivity index (χ1n) is 5.52. The van der Waals surface area contributed by atoms with Crippen LogP contribution in [0.25, 0.3) is 6.08 Å². The van der Waals surface area contributed by atoms with Gasteiger partial charge in [0, 0.05) is 25.3 Å². The van der Waals surface area contributed by atoms with Crippen molar-refractivity contribution in [3.8, 4) is 0 Å². The van der Waals surface area contributed by atoms with E-state index in [2.05, 4.69) is 0 Å². The minimum atomic E-state index is -1.82. The summed E-state index contributed by atoms with van der Waals surface area (Å²) in [6, 6.07) is 0. The van der Waals surface area contributed by atoms with Gasteiger partial charge in [0.1, 0.15) is 0 Å². The molecular weight excluding hydrogens is 264 g/mol. The molecule has 0 radical (unpaired) electrons. The first-order valence-corrected chi connectivity index (χ1v) is 5.52. The fourth-order valence-electron chi connectivity index (χ4n) is 2.42. The molecule has 0 fully saturated rings. The van der Waals surface area contributed by atoms with Crippen LogP contribution in [0.3, 0.4) is 0 Å². The largest absolute Gasteiger partial charge is 0.383 e. The Balaban J connectivity index is 2.69. The molecular formula is C13H12F4O2. The van der Waals surface area contributed by atoms with Crippen LogP contribution in [0.5, 0.6) is 0 Å². The van der Waals surface area contributed by atoms with Crippen LogP contribution in [-0.2, 0) is 14.9 Å². The van der Waals surface area contributed by atoms with Gasteiger partial charge >= 0.3 is 0 Å². The third-order valence-corrected chi connectivity index (χ3v) is 3.17. The van der Waals surface area contributed by atoms with Crippen LogP contribution in [0, 0.1) is 23.3 Å². The lowest BCUT2D eigenvalue weighted by Crippen LogP contribution is -2.34. The fourth-order valence-corrected chi connectivity index (χ4v) is 2.42. The van der Waals surface area contributed by atoms with E-state index in [1.165, 1.54) is 26.4 Å². The molecule has 2 rings (SSSR count). The standard InChI is InChI=1S/C13H12F4O2/c1-18-5-13(6-19-2)4-3-7-8(13)10(15)12(17)11(16)9(7)14/h3-4H,5-6H2,1-2H3. The Bertz CT molecular complexity index is 534. The van der Waals surface area contributed by atoms with Crippen LogP contribution in [0.2, 0.25) is 0 Å². The quantitative estimate of drug-likeness (QED) is 0.478. The average Bonchev–Trinajstić information content (AvgIpc) is 2.74. The van der Waals surface area contributed by atoms with Crippen molar-refractivity contribution in [3.05, 3.63) is 40.5 Å². The molecule has 1 aliphatic rings. The summed E-state index contributed by atoms with van der Waals surface area (Å²) >= 11 is 0. The molecule has 0 spiro atoms. The highest BCUT2D eigenvalue weighted by molar-refractivity contribution is 5.66. The lowest BCUT2D eigenvalue weighted by Gasteiger charge is -2.28. The molecule has 0 saturated heterocycles. The van der Waals surface area contributed by atoms with Crippen LogP contribution in [0.15, 0.2) is 6.08 Å². The molecule has 2 nitrogen and oxygen atoms in total. The second kappa shape index (κ2) is 4.94. The second-order valence-corrected chi connectivity index (χ2v) is 4.40. The molecule has 104 valence electrons. The van der Waals surface area contributed by atoms with Gasteiger partial charge in [-0.05, 0) is 0 Å². The number of halogens is 4. The zero-order valence-electron chi connectivity index (χ0n) is 10.4.